The fourth-order valence-corrected chi connectivity index (χ4v) is 1.18. The summed E-state index contributed by atoms with van der Waals surface area (Å²) in [4.78, 5) is 15.3. The number of nitrogen functional groups attached to an aromatic ring is 1. The summed E-state index contributed by atoms with van der Waals surface area (Å²) in [5.74, 6) is -0.653. The number of carbonyl (C=O) groups excluding carboxylic acids is 1. The molecule has 1 aromatic rings. The Kier molecular flexibility index (Phi) is 3.93. The number of amides is 1. The summed E-state index contributed by atoms with van der Waals surface area (Å²) in [5.41, 5.74) is 6.47. The van der Waals surface area contributed by atoms with Crippen LogP contribution in [0.25, 0.3) is 0 Å². The lowest BCUT2D eigenvalue weighted by molar-refractivity contribution is -0.132. The second-order valence-electron chi connectivity index (χ2n) is 3.53. The highest BCUT2D eigenvalue weighted by molar-refractivity contribution is 5.98. The number of alkyl halides is 3. The smallest absolute Gasteiger partial charge is 0.390 e. The molecule has 0 aliphatic heterocycles. The number of rotatable bonds is 3. The Labute approximate surface area is 96.0 Å². The third kappa shape index (κ3) is 4.29. The first-order valence-electron chi connectivity index (χ1n) is 4.86. The van der Waals surface area contributed by atoms with Crippen molar-refractivity contribution < 1.29 is 18.0 Å². The number of anilines is 1. The minimum atomic E-state index is -4.29. The minimum Gasteiger partial charge on any atom is -0.398 e. The van der Waals surface area contributed by atoms with Gasteiger partial charge in [-0.1, -0.05) is 0 Å². The van der Waals surface area contributed by atoms with E-state index >= 15 is 0 Å². The van der Waals surface area contributed by atoms with Crippen molar-refractivity contribution >= 4 is 11.6 Å². The van der Waals surface area contributed by atoms with E-state index in [0.29, 0.717) is 5.69 Å². The average molecular weight is 247 g/mol. The van der Waals surface area contributed by atoms with Crippen molar-refractivity contribution in [1.29, 1.82) is 0 Å². The van der Waals surface area contributed by atoms with E-state index in [-0.39, 0.29) is 11.3 Å². The summed E-state index contributed by atoms with van der Waals surface area (Å²) in [6.07, 6.45) is -4.12. The first-order valence-corrected chi connectivity index (χ1v) is 4.86. The van der Waals surface area contributed by atoms with Crippen molar-refractivity contribution in [3.05, 3.63) is 23.5 Å². The second kappa shape index (κ2) is 5.03. The summed E-state index contributed by atoms with van der Waals surface area (Å²) < 4.78 is 35.6. The van der Waals surface area contributed by atoms with Gasteiger partial charge in [-0.3, -0.25) is 9.78 Å². The van der Waals surface area contributed by atoms with Gasteiger partial charge in [0.25, 0.3) is 5.91 Å². The van der Waals surface area contributed by atoms with Crippen molar-refractivity contribution in [2.24, 2.45) is 0 Å². The molecule has 3 N–H and O–H groups in total. The zero-order valence-corrected chi connectivity index (χ0v) is 9.14. The Morgan fingerprint density at radius 1 is 1.53 bits per heavy atom. The molecule has 0 bridgehead atoms. The van der Waals surface area contributed by atoms with Crippen molar-refractivity contribution in [1.82, 2.24) is 10.3 Å². The summed E-state index contributed by atoms with van der Waals surface area (Å²) >= 11 is 0. The van der Waals surface area contributed by atoms with Crippen LogP contribution in [-0.2, 0) is 0 Å². The van der Waals surface area contributed by atoms with Crippen LogP contribution < -0.4 is 11.1 Å². The van der Waals surface area contributed by atoms with Gasteiger partial charge in [0, 0.05) is 24.1 Å². The van der Waals surface area contributed by atoms with Crippen LogP contribution in [0.5, 0.6) is 0 Å². The van der Waals surface area contributed by atoms with Gasteiger partial charge in [-0.15, -0.1) is 0 Å². The highest BCUT2D eigenvalue weighted by Gasteiger charge is 2.26. The molecule has 4 nitrogen and oxygen atoms in total. The molecule has 1 amide bonds. The molecule has 0 unspecified atom stereocenters. The maximum absolute atomic E-state index is 11.9. The topological polar surface area (TPSA) is 68.0 Å². The van der Waals surface area contributed by atoms with Crippen molar-refractivity contribution in [3.8, 4) is 0 Å². The lowest BCUT2D eigenvalue weighted by Crippen LogP contribution is -2.28. The molecule has 0 aliphatic carbocycles. The van der Waals surface area contributed by atoms with Crippen LogP contribution in [0.4, 0.5) is 18.9 Å². The number of hydrogen-bond acceptors (Lipinski definition) is 3. The number of nitrogens with zero attached hydrogens (tertiary/aromatic N) is 1. The van der Waals surface area contributed by atoms with Crippen LogP contribution >= 0.6 is 0 Å². The van der Waals surface area contributed by atoms with E-state index in [2.05, 4.69) is 10.3 Å². The normalized spacial score (nSPS) is 11.3. The van der Waals surface area contributed by atoms with Crippen LogP contribution in [-0.4, -0.2) is 23.6 Å². The Bertz CT molecular complexity index is 418. The molecule has 7 heteroatoms. The maximum Gasteiger partial charge on any atom is 0.390 e. The summed E-state index contributed by atoms with van der Waals surface area (Å²) in [7, 11) is 0. The van der Waals surface area contributed by atoms with Gasteiger partial charge in [0.05, 0.1) is 12.0 Å². The molecule has 0 aromatic carbocycles. The molecule has 94 valence electrons. The molecule has 0 spiro atoms. The average Bonchev–Trinajstić information content (AvgIpc) is 2.15. The summed E-state index contributed by atoms with van der Waals surface area (Å²) in [5, 5.41) is 2.14. The van der Waals surface area contributed by atoms with E-state index in [4.69, 9.17) is 5.73 Å². The molecule has 1 heterocycles. The van der Waals surface area contributed by atoms with E-state index in [9.17, 15) is 18.0 Å². The summed E-state index contributed by atoms with van der Waals surface area (Å²) in [6, 6.07) is 1.48. The molecule has 0 fully saturated rings. The van der Waals surface area contributed by atoms with Crippen molar-refractivity contribution in [3.63, 3.8) is 0 Å². The molecule has 1 aromatic heterocycles. The fraction of sp³-hybridized carbons (Fsp3) is 0.400. The minimum absolute atomic E-state index is 0.0813. The highest BCUT2D eigenvalue weighted by Crippen LogP contribution is 2.18. The zero-order chi connectivity index (χ0) is 13.1. The maximum atomic E-state index is 11.9. The molecule has 0 aliphatic rings. The third-order valence-electron chi connectivity index (χ3n) is 2.01. The van der Waals surface area contributed by atoms with E-state index in [1.807, 2.05) is 0 Å². The lowest BCUT2D eigenvalue weighted by atomic mass is 10.2. The SMILES string of the molecule is Cc1cc(N)c(C(=O)NCCC(F)(F)F)cn1. The largest absolute Gasteiger partial charge is 0.398 e. The number of halogens is 3. The Morgan fingerprint density at radius 2 is 2.18 bits per heavy atom. The molecular weight excluding hydrogens is 235 g/mol. The van der Waals surface area contributed by atoms with Gasteiger partial charge in [-0.05, 0) is 13.0 Å². The Morgan fingerprint density at radius 3 is 2.71 bits per heavy atom. The molecule has 0 saturated heterocycles. The monoisotopic (exact) mass is 247 g/mol. The molecule has 17 heavy (non-hydrogen) atoms. The Balaban J connectivity index is 2.59. The molecule has 1 rings (SSSR count). The number of hydrogen-bond donors (Lipinski definition) is 2. The first-order chi connectivity index (χ1) is 7.79. The second-order valence-corrected chi connectivity index (χ2v) is 3.53. The van der Waals surface area contributed by atoms with Crippen LogP contribution in [0.15, 0.2) is 12.3 Å². The van der Waals surface area contributed by atoms with Gasteiger partial charge in [0.15, 0.2) is 0 Å². The fourth-order valence-electron chi connectivity index (χ4n) is 1.18. The lowest BCUT2D eigenvalue weighted by Gasteiger charge is -2.09. The van der Waals surface area contributed by atoms with Crippen LogP contribution in [0.3, 0.4) is 0 Å². The summed E-state index contributed by atoms with van der Waals surface area (Å²) in [6.45, 7) is 1.22. The van der Waals surface area contributed by atoms with Crippen LogP contribution in [0.1, 0.15) is 22.5 Å². The predicted molar refractivity (Wildman–Crippen MR) is 56.4 cm³/mol. The molecule has 0 atom stereocenters. The number of pyridine rings is 1. The number of carbonyl (C=O) groups is 1. The van der Waals surface area contributed by atoms with Crippen LogP contribution in [0.2, 0.25) is 0 Å². The van der Waals surface area contributed by atoms with Gasteiger partial charge < -0.3 is 11.1 Å². The quantitative estimate of drug-likeness (QED) is 0.853. The van der Waals surface area contributed by atoms with Crippen molar-refractivity contribution in [2.45, 2.75) is 19.5 Å². The van der Waals surface area contributed by atoms with Gasteiger partial charge in [-0.2, -0.15) is 13.2 Å². The van der Waals surface area contributed by atoms with E-state index < -0.39 is 25.0 Å². The van der Waals surface area contributed by atoms with E-state index in [1.54, 1.807) is 6.92 Å². The number of nitrogens with one attached hydrogen (secondary N) is 1. The van der Waals surface area contributed by atoms with Crippen molar-refractivity contribution in [2.75, 3.05) is 12.3 Å². The van der Waals surface area contributed by atoms with Gasteiger partial charge in [-0.25, -0.2) is 0 Å². The molecular formula is C10H12F3N3O. The molecule has 0 radical (unpaired) electrons. The number of aromatic nitrogens is 1. The number of nitrogens with two attached hydrogens (primary N) is 1. The third-order valence-corrected chi connectivity index (χ3v) is 2.01. The van der Waals surface area contributed by atoms with Gasteiger partial charge >= 0.3 is 6.18 Å². The van der Waals surface area contributed by atoms with E-state index in [0.717, 1.165) is 0 Å². The zero-order valence-electron chi connectivity index (χ0n) is 9.14. The predicted octanol–water partition coefficient (Wildman–Crippen LogP) is 1.65. The highest BCUT2D eigenvalue weighted by atomic mass is 19.4. The molecule has 0 saturated carbocycles. The van der Waals surface area contributed by atoms with Crippen LogP contribution in [0, 0.1) is 6.92 Å². The number of aryl methyl sites for hydroxylation is 1. The van der Waals surface area contributed by atoms with Gasteiger partial charge in [0.2, 0.25) is 0 Å². The Hall–Kier alpha value is -1.79. The standard InChI is InChI=1S/C10H12F3N3O/c1-6-4-8(14)7(5-16-6)9(17)15-3-2-10(11,12)13/h4-5H,2-3H2,1H3,(H2,14,16)(H,15,17). The van der Waals surface area contributed by atoms with Gasteiger partial charge in [0.1, 0.15) is 0 Å². The van der Waals surface area contributed by atoms with E-state index in [1.165, 1.54) is 12.3 Å². The first kappa shape index (κ1) is 13.3.